The lowest BCUT2D eigenvalue weighted by Gasteiger charge is -2.22. The largest absolute Gasteiger partial charge is 0.388 e. The topological polar surface area (TPSA) is 70.6 Å². The van der Waals surface area contributed by atoms with Gasteiger partial charge in [-0.2, -0.15) is 0 Å². The van der Waals surface area contributed by atoms with Crippen LogP contribution >= 0.6 is 0 Å². The zero-order valence-electron chi connectivity index (χ0n) is 10.5. The van der Waals surface area contributed by atoms with Gasteiger partial charge in [0, 0.05) is 20.2 Å². The first-order chi connectivity index (χ1) is 7.52. The molecule has 0 aromatic rings. The first-order valence-corrected chi connectivity index (χ1v) is 5.70. The fraction of sp³-hybridized carbons (Fsp3) is 0.909. The first-order valence-electron chi connectivity index (χ1n) is 5.70. The van der Waals surface area contributed by atoms with E-state index < -0.39 is 5.60 Å². The van der Waals surface area contributed by atoms with E-state index in [2.05, 4.69) is 10.6 Å². The number of aliphatic hydroxyl groups is 1. The molecule has 0 fully saturated rings. The van der Waals surface area contributed by atoms with E-state index in [-0.39, 0.29) is 12.5 Å². The van der Waals surface area contributed by atoms with Crippen LogP contribution < -0.4 is 10.6 Å². The highest BCUT2D eigenvalue weighted by Crippen LogP contribution is 2.09. The number of amides is 1. The summed E-state index contributed by atoms with van der Waals surface area (Å²) in [6, 6.07) is 0. The van der Waals surface area contributed by atoms with Crippen molar-refractivity contribution in [2.45, 2.75) is 32.3 Å². The number of carbonyl (C=O) groups excluding carboxylic acids is 1. The summed E-state index contributed by atoms with van der Waals surface area (Å²) < 4.78 is 4.84. The molecular weight excluding hydrogens is 208 g/mol. The lowest BCUT2D eigenvalue weighted by Crippen LogP contribution is -2.43. The Morgan fingerprint density at radius 1 is 1.50 bits per heavy atom. The SMILES string of the molecule is CCCC(C)(O)CNC(=O)CNCCOC. The van der Waals surface area contributed by atoms with Crippen molar-refractivity contribution in [3.63, 3.8) is 0 Å². The van der Waals surface area contributed by atoms with Gasteiger partial charge in [0.25, 0.3) is 0 Å². The Labute approximate surface area is 97.6 Å². The number of carbonyl (C=O) groups is 1. The number of hydrogen-bond donors (Lipinski definition) is 3. The Morgan fingerprint density at radius 3 is 2.75 bits per heavy atom. The molecule has 96 valence electrons. The molecule has 0 heterocycles. The summed E-state index contributed by atoms with van der Waals surface area (Å²) >= 11 is 0. The van der Waals surface area contributed by atoms with Gasteiger partial charge in [-0.25, -0.2) is 0 Å². The molecule has 1 atom stereocenters. The van der Waals surface area contributed by atoms with Crippen molar-refractivity contribution in [3.05, 3.63) is 0 Å². The van der Waals surface area contributed by atoms with E-state index in [4.69, 9.17) is 4.74 Å². The fourth-order valence-electron chi connectivity index (χ4n) is 1.35. The summed E-state index contributed by atoms with van der Waals surface area (Å²) in [6.45, 7) is 5.52. The number of rotatable bonds is 9. The molecule has 0 spiro atoms. The Balaban J connectivity index is 3.56. The standard InChI is InChI=1S/C11H24N2O3/c1-4-5-11(2,15)9-13-10(14)8-12-6-7-16-3/h12,15H,4-9H2,1-3H3,(H,13,14). The summed E-state index contributed by atoms with van der Waals surface area (Å²) in [7, 11) is 1.61. The molecule has 0 bridgehead atoms. The van der Waals surface area contributed by atoms with Crippen LogP contribution in [0.1, 0.15) is 26.7 Å². The summed E-state index contributed by atoms with van der Waals surface area (Å²) in [6.07, 6.45) is 1.58. The maximum Gasteiger partial charge on any atom is 0.234 e. The van der Waals surface area contributed by atoms with Crippen LogP contribution in [0, 0.1) is 0 Å². The third-order valence-electron chi connectivity index (χ3n) is 2.22. The van der Waals surface area contributed by atoms with E-state index in [0.717, 1.165) is 6.42 Å². The summed E-state index contributed by atoms with van der Waals surface area (Å²) in [5.74, 6) is -0.104. The number of ether oxygens (including phenoxy) is 1. The maximum atomic E-state index is 11.3. The van der Waals surface area contributed by atoms with E-state index >= 15 is 0 Å². The lowest BCUT2D eigenvalue weighted by molar-refractivity contribution is -0.121. The first kappa shape index (κ1) is 15.3. The van der Waals surface area contributed by atoms with Crippen LogP contribution in [0.5, 0.6) is 0 Å². The Bertz CT molecular complexity index is 196. The molecule has 0 saturated carbocycles. The van der Waals surface area contributed by atoms with Gasteiger partial charge in [-0.1, -0.05) is 13.3 Å². The second-order valence-corrected chi connectivity index (χ2v) is 4.19. The third kappa shape index (κ3) is 8.64. The van der Waals surface area contributed by atoms with Gasteiger partial charge in [-0.05, 0) is 13.3 Å². The van der Waals surface area contributed by atoms with Crippen LogP contribution in [0.2, 0.25) is 0 Å². The summed E-state index contributed by atoms with van der Waals surface area (Å²) in [5.41, 5.74) is -0.809. The van der Waals surface area contributed by atoms with E-state index in [0.29, 0.717) is 26.1 Å². The van der Waals surface area contributed by atoms with Gasteiger partial charge in [-0.15, -0.1) is 0 Å². The molecule has 0 radical (unpaired) electrons. The van der Waals surface area contributed by atoms with Crippen LogP contribution in [0.15, 0.2) is 0 Å². The van der Waals surface area contributed by atoms with E-state index in [1.165, 1.54) is 0 Å². The molecule has 0 rings (SSSR count). The zero-order chi connectivity index (χ0) is 12.4. The Kier molecular flexibility index (Phi) is 8.15. The van der Waals surface area contributed by atoms with Gasteiger partial charge in [0.15, 0.2) is 0 Å². The molecule has 5 nitrogen and oxygen atoms in total. The number of nitrogens with one attached hydrogen (secondary N) is 2. The average Bonchev–Trinajstić information content (AvgIpc) is 2.22. The molecule has 0 aliphatic heterocycles. The molecule has 16 heavy (non-hydrogen) atoms. The van der Waals surface area contributed by atoms with Gasteiger partial charge < -0.3 is 20.5 Å². The molecule has 0 saturated heterocycles. The molecule has 0 aromatic heterocycles. The fourth-order valence-corrected chi connectivity index (χ4v) is 1.35. The van der Waals surface area contributed by atoms with E-state index in [9.17, 15) is 9.90 Å². The van der Waals surface area contributed by atoms with Crippen LogP contribution in [0.4, 0.5) is 0 Å². The second-order valence-electron chi connectivity index (χ2n) is 4.19. The van der Waals surface area contributed by atoms with Crippen molar-refractivity contribution in [3.8, 4) is 0 Å². The van der Waals surface area contributed by atoms with Gasteiger partial charge >= 0.3 is 0 Å². The van der Waals surface area contributed by atoms with Crippen molar-refractivity contribution in [2.24, 2.45) is 0 Å². The van der Waals surface area contributed by atoms with Gasteiger partial charge in [0.2, 0.25) is 5.91 Å². The normalized spacial score (nSPS) is 14.5. The minimum Gasteiger partial charge on any atom is -0.388 e. The van der Waals surface area contributed by atoms with Gasteiger partial charge in [0.05, 0.1) is 18.8 Å². The third-order valence-corrected chi connectivity index (χ3v) is 2.22. The van der Waals surface area contributed by atoms with Crippen molar-refractivity contribution in [1.82, 2.24) is 10.6 Å². The van der Waals surface area contributed by atoms with Crippen LogP contribution in [0.3, 0.4) is 0 Å². The van der Waals surface area contributed by atoms with Crippen LogP contribution in [-0.2, 0) is 9.53 Å². The highest BCUT2D eigenvalue weighted by Gasteiger charge is 2.19. The van der Waals surface area contributed by atoms with Crippen molar-refractivity contribution < 1.29 is 14.6 Å². The Hall–Kier alpha value is -0.650. The summed E-state index contributed by atoms with van der Waals surface area (Å²) in [5, 5.41) is 15.4. The quantitative estimate of drug-likeness (QED) is 0.485. The molecule has 0 aromatic carbocycles. The number of methoxy groups -OCH3 is 1. The molecule has 3 N–H and O–H groups in total. The van der Waals surface area contributed by atoms with Crippen molar-refractivity contribution in [2.75, 3.05) is 33.4 Å². The highest BCUT2D eigenvalue weighted by molar-refractivity contribution is 5.78. The minimum atomic E-state index is -0.809. The minimum absolute atomic E-state index is 0.104. The Morgan fingerprint density at radius 2 is 2.19 bits per heavy atom. The summed E-state index contributed by atoms with van der Waals surface area (Å²) in [4.78, 5) is 11.3. The molecule has 0 aliphatic carbocycles. The molecule has 1 amide bonds. The number of hydrogen-bond acceptors (Lipinski definition) is 4. The second kappa shape index (κ2) is 8.50. The monoisotopic (exact) mass is 232 g/mol. The average molecular weight is 232 g/mol. The predicted octanol–water partition coefficient (Wildman–Crippen LogP) is -0.110. The molecule has 5 heteroatoms. The smallest absolute Gasteiger partial charge is 0.234 e. The zero-order valence-corrected chi connectivity index (χ0v) is 10.5. The van der Waals surface area contributed by atoms with Crippen molar-refractivity contribution >= 4 is 5.91 Å². The van der Waals surface area contributed by atoms with E-state index in [1.54, 1.807) is 14.0 Å². The lowest BCUT2D eigenvalue weighted by atomic mass is 10.0. The van der Waals surface area contributed by atoms with Crippen LogP contribution in [0.25, 0.3) is 0 Å². The molecular formula is C11H24N2O3. The predicted molar refractivity (Wildman–Crippen MR) is 63.3 cm³/mol. The highest BCUT2D eigenvalue weighted by atomic mass is 16.5. The molecule has 0 aliphatic rings. The van der Waals surface area contributed by atoms with Crippen molar-refractivity contribution in [1.29, 1.82) is 0 Å². The van der Waals surface area contributed by atoms with Gasteiger partial charge in [-0.3, -0.25) is 4.79 Å². The van der Waals surface area contributed by atoms with Gasteiger partial charge in [0.1, 0.15) is 0 Å². The maximum absolute atomic E-state index is 11.3. The van der Waals surface area contributed by atoms with E-state index in [1.807, 2.05) is 6.92 Å². The molecule has 1 unspecified atom stereocenters. The van der Waals surface area contributed by atoms with Crippen LogP contribution in [-0.4, -0.2) is 50.0 Å².